The Hall–Kier alpha value is -1.53. The average Bonchev–Trinajstić information content (AvgIpc) is 2.71. The van der Waals surface area contributed by atoms with Crippen LogP contribution in [0.3, 0.4) is 0 Å². The van der Waals surface area contributed by atoms with Crippen LogP contribution < -0.4 is 14.9 Å². The lowest BCUT2D eigenvalue weighted by Gasteiger charge is -2.19. The molecule has 0 aliphatic heterocycles. The van der Waals surface area contributed by atoms with E-state index < -0.39 is 38.5 Å². The summed E-state index contributed by atoms with van der Waals surface area (Å²) >= 11 is 0. The monoisotopic (exact) mass is 505 g/mol. The molecule has 11 heteroatoms. The summed E-state index contributed by atoms with van der Waals surface area (Å²) in [5.41, 5.74) is 3.39. The first-order valence-electron chi connectivity index (χ1n) is 11.4. The predicted molar refractivity (Wildman–Crippen MR) is 129 cm³/mol. The molecular weight excluding hydrogens is 466 g/mol. The molecular formula is C22H39N3O6S2. The number of aryl methyl sites for hydroxylation is 3. The van der Waals surface area contributed by atoms with Gasteiger partial charge in [-0.25, -0.2) is 31.8 Å². The molecule has 0 spiro atoms. The van der Waals surface area contributed by atoms with Crippen molar-refractivity contribution in [3.63, 3.8) is 0 Å². The van der Waals surface area contributed by atoms with E-state index >= 15 is 0 Å². The third-order valence-electron chi connectivity index (χ3n) is 5.37. The number of rotatable bonds is 16. The minimum Gasteiger partial charge on any atom is -0.289 e. The van der Waals surface area contributed by atoms with Crippen LogP contribution in [0.5, 0.6) is 0 Å². The van der Waals surface area contributed by atoms with Gasteiger partial charge in [-0.05, 0) is 38.3 Å². The number of sulfonamides is 2. The van der Waals surface area contributed by atoms with Gasteiger partial charge in [0, 0.05) is 6.54 Å². The number of hydrogen-bond acceptors (Lipinski definition) is 6. The van der Waals surface area contributed by atoms with Gasteiger partial charge in [-0.15, -0.1) is 0 Å². The van der Waals surface area contributed by atoms with Crippen molar-refractivity contribution in [1.29, 1.82) is 0 Å². The van der Waals surface area contributed by atoms with Crippen LogP contribution >= 0.6 is 0 Å². The smallest absolute Gasteiger partial charge is 0.262 e. The van der Waals surface area contributed by atoms with E-state index in [-0.39, 0.29) is 10.6 Å². The van der Waals surface area contributed by atoms with Gasteiger partial charge >= 0.3 is 0 Å². The second kappa shape index (κ2) is 14.0. The third kappa shape index (κ3) is 10.5. The molecule has 4 N–H and O–H groups in total. The highest BCUT2D eigenvalue weighted by Crippen LogP contribution is 2.21. The van der Waals surface area contributed by atoms with Gasteiger partial charge in [0.2, 0.25) is 20.0 Å². The molecule has 33 heavy (non-hydrogen) atoms. The molecule has 0 bridgehead atoms. The molecule has 0 aromatic heterocycles. The maximum absolute atomic E-state index is 12.8. The zero-order valence-corrected chi connectivity index (χ0v) is 21.7. The second-order valence-corrected chi connectivity index (χ2v) is 12.1. The molecule has 0 saturated carbocycles. The number of carbonyl (C=O) groups excluding carboxylic acids is 1. The largest absolute Gasteiger partial charge is 0.289 e. The molecule has 0 aliphatic carbocycles. The van der Waals surface area contributed by atoms with E-state index in [1.54, 1.807) is 26.0 Å². The Labute approximate surface area is 198 Å². The first-order valence-corrected chi connectivity index (χ1v) is 14.6. The van der Waals surface area contributed by atoms with Crippen molar-refractivity contribution in [3.05, 3.63) is 28.8 Å². The lowest BCUT2D eigenvalue weighted by molar-refractivity contribution is -0.130. The topological polar surface area (TPSA) is 142 Å². The van der Waals surface area contributed by atoms with Crippen LogP contribution in [-0.4, -0.2) is 46.3 Å². The summed E-state index contributed by atoms with van der Waals surface area (Å²) in [6, 6.07) is 1.97. The molecule has 1 atom stereocenters. The number of benzene rings is 1. The van der Waals surface area contributed by atoms with Crippen molar-refractivity contribution >= 4 is 26.0 Å². The first kappa shape index (κ1) is 29.5. The Morgan fingerprint density at radius 1 is 0.909 bits per heavy atom. The normalized spacial score (nSPS) is 13.1. The van der Waals surface area contributed by atoms with E-state index in [1.807, 2.05) is 6.92 Å². The predicted octanol–water partition coefficient (Wildman–Crippen LogP) is 2.82. The number of unbranched alkanes of at least 4 members (excludes halogenated alkanes) is 7. The zero-order valence-electron chi connectivity index (χ0n) is 20.1. The van der Waals surface area contributed by atoms with E-state index in [0.29, 0.717) is 17.5 Å². The number of amides is 1. The minimum absolute atomic E-state index is 0.0815. The second-order valence-electron chi connectivity index (χ2n) is 8.52. The Morgan fingerprint density at radius 3 is 1.94 bits per heavy atom. The van der Waals surface area contributed by atoms with Crippen LogP contribution in [0, 0.1) is 20.8 Å². The van der Waals surface area contributed by atoms with E-state index in [0.717, 1.165) is 31.2 Å². The van der Waals surface area contributed by atoms with Crippen LogP contribution in [0.15, 0.2) is 17.0 Å². The summed E-state index contributed by atoms with van der Waals surface area (Å²) in [6.07, 6.45) is 7.89. The van der Waals surface area contributed by atoms with Crippen molar-refractivity contribution in [2.45, 2.75) is 90.0 Å². The molecule has 1 unspecified atom stereocenters. The minimum atomic E-state index is -4.01. The highest BCUT2D eigenvalue weighted by molar-refractivity contribution is 7.90. The highest BCUT2D eigenvalue weighted by atomic mass is 32.2. The van der Waals surface area contributed by atoms with E-state index in [9.17, 15) is 21.6 Å². The standard InChI is InChI=1S/C22H39N3O6S2/c1-5-6-7-8-9-10-11-12-13-32(28,29)25-20(22(26)24-27)16-23-33(30,31)21-18(3)14-17(2)15-19(21)4/h14-15,20,23,25,27H,5-13,16H2,1-4H3,(H,24,26). The Kier molecular flexibility index (Phi) is 12.5. The number of nitrogens with one attached hydrogen (secondary N) is 3. The van der Waals surface area contributed by atoms with E-state index in [2.05, 4.69) is 16.4 Å². The molecule has 190 valence electrons. The van der Waals surface area contributed by atoms with Crippen molar-refractivity contribution < 1.29 is 26.8 Å². The van der Waals surface area contributed by atoms with Crippen LogP contribution in [0.1, 0.15) is 75.0 Å². The maximum Gasteiger partial charge on any atom is 0.262 e. The Balaban J connectivity index is 2.71. The summed E-state index contributed by atoms with van der Waals surface area (Å²) in [5, 5.41) is 8.99. The third-order valence-corrected chi connectivity index (χ3v) is 8.56. The average molecular weight is 506 g/mol. The maximum atomic E-state index is 12.8. The molecule has 9 nitrogen and oxygen atoms in total. The first-order chi connectivity index (χ1) is 15.4. The fourth-order valence-corrected chi connectivity index (χ4v) is 6.65. The summed E-state index contributed by atoms with van der Waals surface area (Å²) in [4.78, 5) is 12.1. The van der Waals surface area contributed by atoms with Gasteiger partial charge in [-0.1, -0.05) is 69.6 Å². The molecule has 1 amide bonds. The molecule has 0 radical (unpaired) electrons. The summed E-state index contributed by atoms with van der Waals surface area (Å²) in [6.45, 7) is 6.79. The summed E-state index contributed by atoms with van der Waals surface area (Å²) in [7, 11) is -7.86. The van der Waals surface area contributed by atoms with E-state index in [4.69, 9.17) is 5.21 Å². The molecule has 1 aromatic rings. The number of hydroxylamine groups is 1. The lowest BCUT2D eigenvalue weighted by Crippen LogP contribution is -2.52. The van der Waals surface area contributed by atoms with Gasteiger partial charge in [-0.3, -0.25) is 10.0 Å². The van der Waals surface area contributed by atoms with E-state index in [1.165, 1.54) is 24.7 Å². The van der Waals surface area contributed by atoms with Crippen LogP contribution in [-0.2, 0) is 24.8 Å². The van der Waals surface area contributed by atoms with Crippen LogP contribution in [0.2, 0.25) is 0 Å². The fraction of sp³-hybridized carbons (Fsp3) is 0.682. The summed E-state index contributed by atoms with van der Waals surface area (Å²) < 4.78 is 55.0. The SMILES string of the molecule is CCCCCCCCCCS(=O)(=O)NC(CNS(=O)(=O)c1c(C)cc(C)cc1C)C(=O)NO. The summed E-state index contributed by atoms with van der Waals surface area (Å²) in [5.74, 6) is -1.23. The van der Waals surface area contributed by atoms with Gasteiger partial charge in [0.05, 0.1) is 10.6 Å². The van der Waals surface area contributed by atoms with Crippen LogP contribution in [0.4, 0.5) is 0 Å². The molecule has 0 heterocycles. The number of carbonyl (C=O) groups is 1. The highest BCUT2D eigenvalue weighted by Gasteiger charge is 2.27. The Bertz CT molecular complexity index is 955. The van der Waals surface area contributed by atoms with Crippen molar-refractivity contribution in [3.8, 4) is 0 Å². The van der Waals surface area contributed by atoms with Gasteiger partial charge < -0.3 is 0 Å². The molecule has 1 rings (SSSR count). The van der Waals surface area contributed by atoms with Gasteiger partial charge in [0.1, 0.15) is 6.04 Å². The zero-order chi connectivity index (χ0) is 25.1. The van der Waals surface area contributed by atoms with Gasteiger partial charge in [0.15, 0.2) is 0 Å². The molecule has 0 aliphatic rings. The fourth-order valence-electron chi connectivity index (χ4n) is 3.82. The number of hydrogen-bond donors (Lipinski definition) is 4. The van der Waals surface area contributed by atoms with Gasteiger partial charge in [0.25, 0.3) is 5.91 Å². The van der Waals surface area contributed by atoms with Crippen molar-refractivity contribution in [1.82, 2.24) is 14.9 Å². The Morgan fingerprint density at radius 2 is 1.42 bits per heavy atom. The lowest BCUT2D eigenvalue weighted by atomic mass is 10.1. The quantitative estimate of drug-likeness (QED) is 0.155. The molecule has 0 saturated heterocycles. The van der Waals surface area contributed by atoms with Gasteiger partial charge in [-0.2, -0.15) is 0 Å². The molecule has 1 aromatic carbocycles. The van der Waals surface area contributed by atoms with Crippen LogP contribution in [0.25, 0.3) is 0 Å². The molecule has 0 fully saturated rings. The van der Waals surface area contributed by atoms with Crippen molar-refractivity contribution in [2.24, 2.45) is 0 Å². The van der Waals surface area contributed by atoms with Crippen molar-refractivity contribution in [2.75, 3.05) is 12.3 Å².